The highest BCUT2D eigenvalue weighted by molar-refractivity contribution is 7.88. The molecule has 3 unspecified atom stereocenters. The molecule has 1 aliphatic heterocycles. The molecule has 2 fully saturated rings. The highest BCUT2D eigenvalue weighted by Gasteiger charge is 2.44. The molecule has 2 aliphatic rings. The fourth-order valence-electron chi connectivity index (χ4n) is 3.40. The van der Waals surface area contributed by atoms with Crippen LogP contribution in [0.15, 0.2) is 24.3 Å². The molecule has 21 heavy (non-hydrogen) atoms. The highest BCUT2D eigenvalue weighted by atomic mass is 35.5. The molecular weight excluding hydrogens is 315 g/mol. The molecule has 118 valence electrons. The number of halogens is 2. The molecule has 0 radical (unpaired) electrons. The maximum Gasteiger partial charge on any atom is 0.218 e. The molecule has 0 aromatic heterocycles. The van der Waals surface area contributed by atoms with Crippen LogP contribution in [0.1, 0.15) is 18.4 Å². The van der Waals surface area contributed by atoms with Crippen molar-refractivity contribution >= 4 is 22.4 Å². The van der Waals surface area contributed by atoms with E-state index in [0.29, 0.717) is 19.0 Å². The third-order valence-corrected chi connectivity index (χ3v) is 6.33. The van der Waals surface area contributed by atoms with Gasteiger partial charge in [0.1, 0.15) is 5.82 Å². The Morgan fingerprint density at radius 2 is 1.95 bits per heavy atom. The molecule has 3 rings (SSSR count). The maximum absolute atomic E-state index is 13.6. The van der Waals surface area contributed by atoms with Crippen molar-refractivity contribution in [1.29, 1.82) is 0 Å². The first-order chi connectivity index (χ1) is 9.47. The number of nitrogens with zero attached hydrogens (tertiary/aromatic N) is 1. The minimum absolute atomic E-state index is 0. The molecule has 1 heterocycles. The summed E-state index contributed by atoms with van der Waals surface area (Å²) < 4.78 is 39.9. The summed E-state index contributed by atoms with van der Waals surface area (Å²) in [6.45, 7) is 1.03. The standard InChI is InChI=1S/C14H19FN2O2S.ClH/c15-13-4-2-1-3-11(13)9-20(18,19)17-7-10-5-6-14(16)12(10)8-17;/h1-4,10,12,14H,5-9,16H2;1H. The van der Waals surface area contributed by atoms with Crippen LogP contribution in [0.2, 0.25) is 0 Å². The number of sulfonamides is 1. The number of fused-ring (bicyclic) bond motifs is 1. The van der Waals surface area contributed by atoms with Crippen molar-refractivity contribution in [3.63, 3.8) is 0 Å². The first-order valence-corrected chi connectivity index (χ1v) is 8.55. The van der Waals surface area contributed by atoms with E-state index in [9.17, 15) is 12.8 Å². The van der Waals surface area contributed by atoms with Gasteiger partial charge in [-0.1, -0.05) is 18.2 Å². The van der Waals surface area contributed by atoms with Crippen molar-refractivity contribution in [2.75, 3.05) is 13.1 Å². The summed E-state index contributed by atoms with van der Waals surface area (Å²) in [4.78, 5) is 0. The lowest BCUT2D eigenvalue weighted by molar-refractivity contribution is 0.426. The Morgan fingerprint density at radius 1 is 1.24 bits per heavy atom. The fourth-order valence-corrected chi connectivity index (χ4v) is 5.02. The van der Waals surface area contributed by atoms with Crippen LogP contribution in [0.5, 0.6) is 0 Å². The van der Waals surface area contributed by atoms with Crippen molar-refractivity contribution in [3.05, 3.63) is 35.6 Å². The van der Waals surface area contributed by atoms with Crippen molar-refractivity contribution in [1.82, 2.24) is 4.31 Å². The lowest BCUT2D eigenvalue weighted by atomic mass is 9.98. The average Bonchev–Trinajstić information content (AvgIpc) is 2.95. The van der Waals surface area contributed by atoms with Gasteiger partial charge in [0.05, 0.1) is 5.75 Å². The fraction of sp³-hybridized carbons (Fsp3) is 0.571. The maximum atomic E-state index is 13.6. The van der Waals surface area contributed by atoms with Crippen LogP contribution in [-0.2, 0) is 15.8 Å². The first kappa shape index (κ1) is 16.7. The molecular formula is C14H20ClFN2O2S. The highest BCUT2D eigenvalue weighted by Crippen LogP contribution is 2.38. The second kappa shape index (κ2) is 6.20. The minimum atomic E-state index is -3.46. The van der Waals surface area contributed by atoms with Crippen LogP contribution >= 0.6 is 12.4 Å². The number of nitrogens with two attached hydrogens (primary N) is 1. The molecule has 4 nitrogen and oxygen atoms in total. The Kier molecular flexibility index (Phi) is 4.92. The Labute approximate surface area is 131 Å². The Bertz CT molecular complexity index is 611. The van der Waals surface area contributed by atoms with E-state index in [4.69, 9.17) is 5.73 Å². The number of benzene rings is 1. The molecule has 1 aliphatic carbocycles. The summed E-state index contributed by atoms with van der Waals surface area (Å²) in [6.07, 6.45) is 1.98. The Balaban J connectivity index is 0.00000161. The largest absolute Gasteiger partial charge is 0.327 e. The van der Waals surface area contributed by atoms with Crippen molar-refractivity contribution in [3.8, 4) is 0 Å². The number of hydrogen-bond acceptors (Lipinski definition) is 3. The van der Waals surface area contributed by atoms with E-state index < -0.39 is 15.8 Å². The molecule has 0 spiro atoms. The van der Waals surface area contributed by atoms with Gasteiger partial charge in [-0.3, -0.25) is 0 Å². The second-order valence-electron chi connectivity index (χ2n) is 5.83. The van der Waals surface area contributed by atoms with Gasteiger partial charge in [-0.25, -0.2) is 17.1 Å². The monoisotopic (exact) mass is 334 g/mol. The van der Waals surface area contributed by atoms with Crippen molar-refractivity contribution in [2.45, 2.75) is 24.6 Å². The predicted molar refractivity (Wildman–Crippen MR) is 82.0 cm³/mol. The first-order valence-electron chi connectivity index (χ1n) is 6.94. The SMILES string of the molecule is Cl.NC1CCC2CN(S(=O)(=O)Cc3ccccc3F)CC12. The Hall–Kier alpha value is -0.690. The quantitative estimate of drug-likeness (QED) is 0.916. The average molecular weight is 335 g/mol. The zero-order chi connectivity index (χ0) is 14.3. The van der Waals surface area contributed by atoms with E-state index in [0.717, 1.165) is 12.8 Å². The van der Waals surface area contributed by atoms with E-state index in [1.54, 1.807) is 12.1 Å². The molecule has 0 bridgehead atoms. The molecule has 3 atom stereocenters. The third-order valence-electron chi connectivity index (χ3n) is 4.57. The topological polar surface area (TPSA) is 63.4 Å². The summed E-state index contributed by atoms with van der Waals surface area (Å²) >= 11 is 0. The normalized spacial score (nSPS) is 29.1. The predicted octanol–water partition coefficient (Wildman–Crippen LogP) is 1.75. The summed E-state index contributed by atoms with van der Waals surface area (Å²) in [7, 11) is -3.46. The van der Waals surface area contributed by atoms with Crippen LogP contribution in [-0.4, -0.2) is 31.9 Å². The van der Waals surface area contributed by atoms with Crippen molar-refractivity contribution in [2.24, 2.45) is 17.6 Å². The smallest absolute Gasteiger partial charge is 0.218 e. The van der Waals surface area contributed by atoms with Gasteiger partial charge in [-0.05, 0) is 30.7 Å². The van der Waals surface area contributed by atoms with E-state index in [-0.39, 0.29) is 35.7 Å². The van der Waals surface area contributed by atoms with Crippen LogP contribution in [0.4, 0.5) is 4.39 Å². The van der Waals surface area contributed by atoms with E-state index in [1.165, 1.54) is 16.4 Å². The zero-order valence-electron chi connectivity index (χ0n) is 11.6. The van der Waals surface area contributed by atoms with Gasteiger partial charge >= 0.3 is 0 Å². The van der Waals surface area contributed by atoms with Gasteiger partial charge in [0.2, 0.25) is 10.0 Å². The number of hydrogen-bond donors (Lipinski definition) is 1. The molecule has 7 heteroatoms. The summed E-state index contributed by atoms with van der Waals surface area (Å²) in [6, 6.07) is 6.14. The van der Waals surface area contributed by atoms with Crippen LogP contribution in [0, 0.1) is 17.7 Å². The third kappa shape index (κ3) is 3.23. The van der Waals surface area contributed by atoms with Gasteiger partial charge < -0.3 is 5.73 Å². The molecule has 1 saturated carbocycles. The van der Waals surface area contributed by atoms with E-state index in [2.05, 4.69) is 0 Å². The van der Waals surface area contributed by atoms with E-state index >= 15 is 0 Å². The van der Waals surface area contributed by atoms with Gasteiger partial charge in [-0.2, -0.15) is 0 Å². The van der Waals surface area contributed by atoms with Gasteiger partial charge in [0, 0.05) is 24.7 Å². The van der Waals surface area contributed by atoms with Gasteiger partial charge in [0.25, 0.3) is 0 Å². The summed E-state index contributed by atoms with van der Waals surface area (Å²) in [5, 5.41) is 0. The molecule has 1 aromatic carbocycles. The second-order valence-corrected chi connectivity index (χ2v) is 7.80. The minimum Gasteiger partial charge on any atom is -0.327 e. The van der Waals surface area contributed by atoms with Crippen LogP contribution in [0.3, 0.4) is 0 Å². The summed E-state index contributed by atoms with van der Waals surface area (Å²) in [5.74, 6) is -0.0908. The van der Waals surface area contributed by atoms with Gasteiger partial charge in [0.15, 0.2) is 0 Å². The molecule has 2 N–H and O–H groups in total. The number of rotatable bonds is 3. The van der Waals surface area contributed by atoms with Crippen LogP contribution < -0.4 is 5.73 Å². The van der Waals surface area contributed by atoms with E-state index in [1.807, 2.05) is 0 Å². The van der Waals surface area contributed by atoms with Gasteiger partial charge in [-0.15, -0.1) is 12.4 Å². The Morgan fingerprint density at radius 3 is 2.62 bits per heavy atom. The molecule has 1 saturated heterocycles. The summed E-state index contributed by atoms with van der Waals surface area (Å²) in [5.41, 5.74) is 6.25. The lowest BCUT2D eigenvalue weighted by Gasteiger charge is -2.18. The zero-order valence-corrected chi connectivity index (χ0v) is 13.2. The molecule has 0 amide bonds. The van der Waals surface area contributed by atoms with Crippen LogP contribution in [0.25, 0.3) is 0 Å². The molecule has 1 aromatic rings. The lowest BCUT2D eigenvalue weighted by Crippen LogP contribution is -2.34. The van der Waals surface area contributed by atoms with Crippen molar-refractivity contribution < 1.29 is 12.8 Å².